The van der Waals surface area contributed by atoms with Crippen LogP contribution in [-0.2, 0) is 4.79 Å². The summed E-state index contributed by atoms with van der Waals surface area (Å²) in [7, 11) is 1.57. The van der Waals surface area contributed by atoms with E-state index in [1.54, 1.807) is 38.3 Å². The van der Waals surface area contributed by atoms with Crippen LogP contribution in [0.1, 0.15) is 6.92 Å². The highest BCUT2D eigenvalue weighted by Crippen LogP contribution is 2.26. The van der Waals surface area contributed by atoms with E-state index in [4.69, 9.17) is 14.1 Å². The van der Waals surface area contributed by atoms with E-state index < -0.39 is 12.0 Å². The number of carbonyl (C=O) groups is 1. The molecule has 134 valence electrons. The van der Waals surface area contributed by atoms with Gasteiger partial charge in [-0.05, 0) is 65.8 Å². The fraction of sp³-hybridized carbons (Fsp3) is 0.167. The highest BCUT2D eigenvalue weighted by atomic mass is 19.1. The smallest absolute Gasteiger partial charge is 0.266 e. The molecular formula is C18H16FN3O4. The molecule has 0 aliphatic heterocycles. The van der Waals surface area contributed by atoms with E-state index in [1.807, 2.05) is 0 Å². The molecule has 1 heterocycles. The normalized spacial score (nSPS) is 11.7. The van der Waals surface area contributed by atoms with Gasteiger partial charge in [0.15, 0.2) is 11.8 Å². The summed E-state index contributed by atoms with van der Waals surface area (Å²) in [6, 6.07) is 12.5. The largest absolute Gasteiger partial charge is 0.497 e. The number of carbonyl (C=O) groups excluding carboxylic acids is 1. The molecule has 0 saturated heterocycles. The third-order valence-corrected chi connectivity index (χ3v) is 3.59. The van der Waals surface area contributed by atoms with E-state index in [0.29, 0.717) is 22.8 Å². The average molecular weight is 357 g/mol. The van der Waals surface area contributed by atoms with Crippen molar-refractivity contribution in [3.8, 4) is 22.8 Å². The number of aromatic nitrogens is 2. The number of nitrogens with zero attached hydrogens (tertiary/aromatic N) is 2. The Labute approximate surface area is 148 Å². The monoisotopic (exact) mass is 357 g/mol. The molecule has 1 atom stereocenters. The summed E-state index contributed by atoms with van der Waals surface area (Å²) in [6.45, 7) is 1.57. The minimum atomic E-state index is -0.833. The molecule has 8 heteroatoms. The Morgan fingerprint density at radius 2 is 1.73 bits per heavy atom. The lowest BCUT2D eigenvalue weighted by atomic mass is 10.1. The van der Waals surface area contributed by atoms with E-state index >= 15 is 0 Å². The lowest BCUT2D eigenvalue weighted by Gasteiger charge is -2.13. The Hall–Kier alpha value is -3.42. The number of amides is 1. The van der Waals surface area contributed by atoms with Crippen molar-refractivity contribution in [2.75, 3.05) is 12.4 Å². The molecule has 0 saturated carbocycles. The second kappa shape index (κ2) is 7.64. The molecule has 2 aromatic carbocycles. The van der Waals surface area contributed by atoms with Crippen molar-refractivity contribution in [3.63, 3.8) is 0 Å². The van der Waals surface area contributed by atoms with Gasteiger partial charge in [0.05, 0.1) is 7.11 Å². The summed E-state index contributed by atoms with van der Waals surface area (Å²) in [6.07, 6.45) is -0.833. The summed E-state index contributed by atoms with van der Waals surface area (Å²) >= 11 is 0. The molecule has 3 aromatic rings. The van der Waals surface area contributed by atoms with Crippen molar-refractivity contribution in [2.45, 2.75) is 13.0 Å². The zero-order valence-electron chi connectivity index (χ0n) is 14.1. The van der Waals surface area contributed by atoms with Gasteiger partial charge >= 0.3 is 0 Å². The second-order valence-corrected chi connectivity index (χ2v) is 5.39. The van der Waals surface area contributed by atoms with E-state index in [9.17, 15) is 9.18 Å². The number of hydrogen-bond donors (Lipinski definition) is 1. The molecule has 1 amide bonds. The van der Waals surface area contributed by atoms with Gasteiger partial charge in [0, 0.05) is 5.56 Å². The Morgan fingerprint density at radius 3 is 2.38 bits per heavy atom. The number of anilines is 1. The highest BCUT2D eigenvalue weighted by Gasteiger charge is 2.20. The van der Waals surface area contributed by atoms with Crippen LogP contribution in [0.4, 0.5) is 10.2 Å². The minimum Gasteiger partial charge on any atom is -0.497 e. The Balaban J connectivity index is 1.69. The van der Waals surface area contributed by atoms with Gasteiger partial charge in [0.25, 0.3) is 5.91 Å². The van der Waals surface area contributed by atoms with Crippen LogP contribution in [0.25, 0.3) is 11.3 Å². The predicted molar refractivity (Wildman–Crippen MR) is 91.4 cm³/mol. The van der Waals surface area contributed by atoms with Gasteiger partial charge in [-0.2, -0.15) is 0 Å². The van der Waals surface area contributed by atoms with Crippen LogP contribution in [-0.4, -0.2) is 29.4 Å². The molecule has 1 N–H and O–H groups in total. The van der Waals surface area contributed by atoms with Gasteiger partial charge in [-0.1, -0.05) is 0 Å². The number of rotatable bonds is 6. The van der Waals surface area contributed by atoms with Crippen molar-refractivity contribution < 1.29 is 23.3 Å². The van der Waals surface area contributed by atoms with Crippen LogP contribution in [0.3, 0.4) is 0 Å². The van der Waals surface area contributed by atoms with Crippen molar-refractivity contribution in [1.82, 2.24) is 10.3 Å². The summed E-state index contributed by atoms with van der Waals surface area (Å²) in [5, 5.41) is 10.2. The number of benzene rings is 2. The third-order valence-electron chi connectivity index (χ3n) is 3.59. The molecule has 0 aliphatic rings. The van der Waals surface area contributed by atoms with E-state index in [-0.39, 0.29) is 11.6 Å². The van der Waals surface area contributed by atoms with Crippen LogP contribution >= 0.6 is 0 Å². The molecule has 3 rings (SSSR count). The van der Waals surface area contributed by atoms with Gasteiger partial charge in [-0.3, -0.25) is 4.79 Å². The van der Waals surface area contributed by atoms with Gasteiger partial charge in [0.2, 0.25) is 5.82 Å². The average Bonchev–Trinajstić information content (AvgIpc) is 3.11. The number of ether oxygens (including phenoxy) is 2. The van der Waals surface area contributed by atoms with Crippen molar-refractivity contribution in [1.29, 1.82) is 0 Å². The molecule has 0 spiro atoms. The fourth-order valence-corrected chi connectivity index (χ4v) is 2.20. The first-order valence-corrected chi connectivity index (χ1v) is 7.77. The molecule has 0 radical (unpaired) electrons. The first kappa shape index (κ1) is 17.4. The maximum Gasteiger partial charge on any atom is 0.266 e. The zero-order chi connectivity index (χ0) is 18.5. The molecular weight excluding hydrogens is 341 g/mol. The van der Waals surface area contributed by atoms with Gasteiger partial charge in [-0.25, -0.2) is 9.02 Å². The van der Waals surface area contributed by atoms with Crippen LogP contribution in [0.15, 0.2) is 53.2 Å². The summed E-state index contributed by atoms with van der Waals surface area (Å²) in [5.74, 6) is 0.418. The van der Waals surface area contributed by atoms with E-state index in [2.05, 4.69) is 15.6 Å². The van der Waals surface area contributed by atoms with Crippen LogP contribution in [0, 0.1) is 5.82 Å². The third kappa shape index (κ3) is 3.97. The van der Waals surface area contributed by atoms with E-state index in [1.165, 1.54) is 24.3 Å². The van der Waals surface area contributed by atoms with Gasteiger partial charge in [-0.15, -0.1) is 0 Å². The Kier molecular flexibility index (Phi) is 5.12. The number of nitrogens with one attached hydrogen (secondary N) is 1. The maximum atomic E-state index is 12.9. The number of methoxy groups -OCH3 is 1. The molecule has 0 fully saturated rings. The molecule has 0 bridgehead atoms. The Morgan fingerprint density at radius 1 is 1.08 bits per heavy atom. The lowest BCUT2D eigenvalue weighted by Crippen LogP contribution is -2.30. The van der Waals surface area contributed by atoms with Crippen LogP contribution in [0.2, 0.25) is 0 Å². The van der Waals surface area contributed by atoms with Crippen molar-refractivity contribution in [3.05, 3.63) is 54.3 Å². The van der Waals surface area contributed by atoms with Gasteiger partial charge < -0.3 is 14.8 Å². The molecule has 1 unspecified atom stereocenters. The van der Waals surface area contributed by atoms with Crippen LogP contribution in [0.5, 0.6) is 11.5 Å². The summed E-state index contributed by atoms with van der Waals surface area (Å²) in [4.78, 5) is 12.3. The highest BCUT2D eigenvalue weighted by molar-refractivity contribution is 5.95. The molecule has 7 nitrogen and oxygen atoms in total. The van der Waals surface area contributed by atoms with Crippen molar-refractivity contribution >= 4 is 11.7 Å². The number of hydrogen-bond acceptors (Lipinski definition) is 6. The second-order valence-electron chi connectivity index (χ2n) is 5.39. The topological polar surface area (TPSA) is 86.5 Å². The quantitative estimate of drug-likeness (QED) is 0.728. The standard InChI is InChI=1S/C18H16FN3O4/c1-11(25-15-9-5-13(19)6-10-15)18(23)20-17-16(21-26-22-17)12-3-7-14(24-2)8-4-12/h3-11H,1-2H3,(H,20,22,23). The summed E-state index contributed by atoms with van der Waals surface area (Å²) in [5.41, 5.74) is 1.09. The minimum absolute atomic E-state index is 0.176. The molecule has 26 heavy (non-hydrogen) atoms. The molecule has 0 aliphatic carbocycles. The SMILES string of the molecule is COc1ccc(-c2nonc2NC(=O)C(C)Oc2ccc(F)cc2)cc1. The lowest BCUT2D eigenvalue weighted by molar-refractivity contribution is -0.122. The van der Waals surface area contributed by atoms with E-state index in [0.717, 1.165) is 0 Å². The zero-order valence-corrected chi connectivity index (χ0v) is 14.1. The van der Waals surface area contributed by atoms with Crippen LogP contribution < -0.4 is 14.8 Å². The molecule has 1 aromatic heterocycles. The number of halogens is 1. The first-order chi connectivity index (χ1) is 12.6. The summed E-state index contributed by atoms with van der Waals surface area (Å²) < 4.78 is 28.2. The Bertz CT molecular complexity index is 878. The maximum absolute atomic E-state index is 12.9. The van der Waals surface area contributed by atoms with Gasteiger partial charge in [0.1, 0.15) is 17.3 Å². The fourth-order valence-electron chi connectivity index (χ4n) is 2.20. The first-order valence-electron chi connectivity index (χ1n) is 7.77. The predicted octanol–water partition coefficient (Wildman–Crippen LogP) is 3.29. The van der Waals surface area contributed by atoms with Crippen molar-refractivity contribution in [2.24, 2.45) is 0 Å².